The Labute approximate surface area is 294 Å². The number of nitrogens with one attached hydrogen (secondary N) is 1. The Morgan fingerprint density at radius 1 is 1.08 bits per heavy atom. The van der Waals surface area contributed by atoms with E-state index in [9.17, 15) is 9.59 Å². The fraction of sp³-hybridized carbons (Fsp3) is 0.471. The van der Waals surface area contributed by atoms with Gasteiger partial charge in [-0.3, -0.25) is 29.2 Å². The third kappa shape index (κ3) is 6.89. The minimum absolute atomic E-state index is 0.0156. The SMILES string of the molecule is CCN(C(=O)[C@@H]1CCN(CC(=O)N2CCN(c3ncc(-c4ncn(C)n4)s3)CC2C)C1)c1ccc2[nH]nc(-c3ccc(OC(C)C)nc3)c2n1. The van der Waals surface area contributed by atoms with E-state index in [-0.39, 0.29) is 29.9 Å². The van der Waals surface area contributed by atoms with Crippen molar-refractivity contribution in [1.29, 1.82) is 0 Å². The molecule has 2 saturated heterocycles. The summed E-state index contributed by atoms with van der Waals surface area (Å²) in [6, 6.07) is 7.51. The number of carbonyl (C=O) groups is 2. The molecule has 0 aliphatic carbocycles. The standard InChI is InChI=1S/C34H42N12O3S/c1-6-45(27-9-8-25-31(38-27)30(40-39-25)23-7-10-28(35-15-23)49-21(2)3)33(48)24-11-12-43(18-24)19-29(47)46-14-13-44(17-22(46)4)34-36-16-26(50-34)32-37-20-42(5)41-32/h7-10,15-16,20-22,24H,6,11-14,17-19H2,1-5H3,(H,39,40)/t22?,24-/m1/s1. The molecule has 0 saturated carbocycles. The van der Waals surface area contributed by atoms with E-state index >= 15 is 0 Å². The fourth-order valence-corrected chi connectivity index (χ4v) is 7.54. The molecule has 2 amide bonds. The minimum Gasteiger partial charge on any atom is -0.475 e. The molecule has 0 aromatic carbocycles. The monoisotopic (exact) mass is 698 g/mol. The molecule has 15 nitrogen and oxygen atoms in total. The number of likely N-dealkylation sites (tertiary alicyclic amines) is 1. The van der Waals surface area contributed by atoms with Gasteiger partial charge in [0.05, 0.1) is 35.2 Å². The van der Waals surface area contributed by atoms with Crippen LogP contribution in [0.4, 0.5) is 10.9 Å². The van der Waals surface area contributed by atoms with Crippen LogP contribution in [0.1, 0.15) is 34.1 Å². The molecule has 1 unspecified atom stereocenters. The topological polar surface area (TPSA) is 154 Å². The highest BCUT2D eigenvalue weighted by Crippen LogP contribution is 2.31. The zero-order chi connectivity index (χ0) is 34.9. The van der Waals surface area contributed by atoms with Crippen molar-refractivity contribution in [3.8, 4) is 27.8 Å². The number of aromatic amines is 1. The first-order chi connectivity index (χ1) is 24.2. The molecule has 1 N–H and O–H groups in total. The number of amides is 2. The van der Waals surface area contributed by atoms with Crippen molar-refractivity contribution in [2.24, 2.45) is 13.0 Å². The predicted octanol–water partition coefficient (Wildman–Crippen LogP) is 3.47. The van der Waals surface area contributed by atoms with Crippen molar-refractivity contribution >= 4 is 45.1 Å². The van der Waals surface area contributed by atoms with Gasteiger partial charge in [-0.1, -0.05) is 11.3 Å². The number of fused-ring (bicyclic) bond motifs is 1. The van der Waals surface area contributed by atoms with E-state index in [1.165, 1.54) is 0 Å². The lowest BCUT2D eigenvalue weighted by atomic mass is 10.1. The molecule has 16 heteroatoms. The highest BCUT2D eigenvalue weighted by molar-refractivity contribution is 7.18. The molecular formula is C34H42N12O3S. The van der Waals surface area contributed by atoms with Crippen LogP contribution in [0.25, 0.3) is 33.0 Å². The molecule has 5 aromatic heterocycles. The minimum atomic E-state index is -0.219. The molecule has 2 fully saturated rings. The number of piperazine rings is 1. The van der Waals surface area contributed by atoms with Crippen molar-refractivity contribution in [2.45, 2.75) is 46.3 Å². The quantitative estimate of drug-likeness (QED) is 0.228. The van der Waals surface area contributed by atoms with E-state index in [1.54, 1.807) is 33.4 Å². The van der Waals surface area contributed by atoms with Crippen LogP contribution in [0.2, 0.25) is 0 Å². The highest BCUT2D eigenvalue weighted by Gasteiger charge is 2.35. The van der Waals surface area contributed by atoms with Crippen LogP contribution in [0, 0.1) is 5.92 Å². The van der Waals surface area contributed by atoms with E-state index in [2.05, 4.69) is 47.0 Å². The molecule has 2 aliphatic heterocycles. The Balaban J connectivity index is 0.956. The van der Waals surface area contributed by atoms with Crippen LogP contribution in [0.5, 0.6) is 5.88 Å². The molecule has 262 valence electrons. The summed E-state index contributed by atoms with van der Waals surface area (Å²) in [6.45, 7) is 12.0. The molecule has 50 heavy (non-hydrogen) atoms. The maximum absolute atomic E-state index is 13.9. The maximum Gasteiger partial charge on any atom is 0.237 e. The summed E-state index contributed by atoms with van der Waals surface area (Å²) >= 11 is 1.56. The van der Waals surface area contributed by atoms with Crippen LogP contribution in [-0.2, 0) is 16.6 Å². The number of hydrogen-bond donors (Lipinski definition) is 1. The summed E-state index contributed by atoms with van der Waals surface area (Å²) in [5.41, 5.74) is 2.90. The largest absolute Gasteiger partial charge is 0.475 e. The molecule has 0 spiro atoms. The van der Waals surface area contributed by atoms with Gasteiger partial charge in [0.2, 0.25) is 17.7 Å². The summed E-state index contributed by atoms with van der Waals surface area (Å²) in [6.07, 6.45) is 5.93. The van der Waals surface area contributed by atoms with Gasteiger partial charge in [0, 0.05) is 63.6 Å². The lowest BCUT2D eigenvalue weighted by Gasteiger charge is -2.40. The van der Waals surface area contributed by atoms with Gasteiger partial charge in [0.15, 0.2) is 11.0 Å². The number of nitrogens with zero attached hydrogens (tertiary/aromatic N) is 11. The predicted molar refractivity (Wildman–Crippen MR) is 191 cm³/mol. The molecule has 7 rings (SSSR count). The smallest absolute Gasteiger partial charge is 0.237 e. The lowest BCUT2D eigenvalue weighted by Crippen LogP contribution is -2.56. The number of pyridine rings is 2. The summed E-state index contributed by atoms with van der Waals surface area (Å²) < 4.78 is 7.36. The number of thiazole rings is 1. The number of rotatable bonds is 10. The van der Waals surface area contributed by atoms with Crippen molar-refractivity contribution in [3.63, 3.8) is 0 Å². The van der Waals surface area contributed by atoms with Crippen molar-refractivity contribution < 1.29 is 14.3 Å². The first-order valence-electron chi connectivity index (χ1n) is 17.0. The molecule has 5 aromatic rings. The van der Waals surface area contributed by atoms with Gasteiger partial charge < -0.3 is 14.5 Å². The van der Waals surface area contributed by atoms with Crippen molar-refractivity contribution in [3.05, 3.63) is 43.0 Å². The number of anilines is 2. The number of H-pyrrole nitrogens is 1. The van der Waals surface area contributed by atoms with Gasteiger partial charge in [-0.05, 0) is 58.9 Å². The fourth-order valence-electron chi connectivity index (χ4n) is 6.65. The molecule has 0 radical (unpaired) electrons. The highest BCUT2D eigenvalue weighted by atomic mass is 32.1. The average molecular weight is 699 g/mol. The number of aryl methyl sites for hydroxylation is 1. The van der Waals surface area contributed by atoms with Gasteiger partial charge in [-0.25, -0.2) is 19.9 Å². The van der Waals surface area contributed by atoms with Crippen molar-refractivity contribution in [2.75, 3.05) is 55.6 Å². The van der Waals surface area contributed by atoms with Crippen LogP contribution in [-0.4, -0.2) is 119 Å². The third-order valence-electron chi connectivity index (χ3n) is 9.13. The molecule has 0 bridgehead atoms. The van der Waals surface area contributed by atoms with Gasteiger partial charge in [-0.2, -0.15) is 10.2 Å². The summed E-state index contributed by atoms with van der Waals surface area (Å²) in [7, 11) is 1.84. The van der Waals surface area contributed by atoms with Gasteiger partial charge in [0.25, 0.3) is 0 Å². The molecular weight excluding hydrogens is 657 g/mol. The summed E-state index contributed by atoms with van der Waals surface area (Å²) in [4.78, 5) is 54.6. The molecule has 2 aliphatic rings. The number of carbonyl (C=O) groups excluding carboxylic acids is 2. The second-order valence-corrected chi connectivity index (χ2v) is 14.1. The van der Waals surface area contributed by atoms with E-state index in [0.29, 0.717) is 81.0 Å². The van der Waals surface area contributed by atoms with Gasteiger partial charge in [-0.15, -0.1) is 0 Å². The zero-order valence-electron chi connectivity index (χ0n) is 29.0. The van der Waals surface area contributed by atoms with Crippen LogP contribution in [0.3, 0.4) is 0 Å². The van der Waals surface area contributed by atoms with Crippen LogP contribution < -0.4 is 14.5 Å². The van der Waals surface area contributed by atoms with E-state index in [4.69, 9.17) is 9.72 Å². The van der Waals surface area contributed by atoms with Crippen molar-refractivity contribution in [1.82, 2.24) is 49.7 Å². The normalized spacial score (nSPS) is 18.4. The lowest BCUT2D eigenvalue weighted by molar-refractivity contribution is -0.134. The molecule has 7 heterocycles. The Morgan fingerprint density at radius 3 is 2.66 bits per heavy atom. The Bertz CT molecular complexity index is 1970. The first kappa shape index (κ1) is 33.5. The van der Waals surface area contributed by atoms with E-state index in [1.807, 2.05) is 63.2 Å². The summed E-state index contributed by atoms with van der Waals surface area (Å²) in [5.74, 6) is 1.67. The van der Waals surface area contributed by atoms with Crippen LogP contribution in [0.15, 0.2) is 43.0 Å². The molecule has 2 atom stereocenters. The zero-order valence-corrected chi connectivity index (χ0v) is 29.8. The Kier molecular flexibility index (Phi) is 9.46. The van der Waals surface area contributed by atoms with Crippen LogP contribution >= 0.6 is 11.3 Å². The van der Waals surface area contributed by atoms with E-state index < -0.39 is 0 Å². The number of ether oxygens (including phenoxy) is 1. The number of aromatic nitrogens is 8. The maximum atomic E-state index is 13.9. The third-order valence-corrected chi connectivity index (χ3v) is 10.2. The number of hydrogen-bond acceptors (Lipinski definition) is 12. The Morgan fingerprint density at radius 2 is 1.94 bits per heavy atom. The van der Waals surface area contributed by atoms with Gasteiger partial charge in [0.1, 0.15) is 23.4 Å². The second-order valence-electron chi connectivity index (χ2n) is 13.1. The second kappa shape index (κ2) is 14.1. The van der Waals surface area contributed by atoms with E-state index in [0.717, 1.165) is 21.1 Å². The Hall–Kier alpha value is -4.96. The summed E-state index contributed by atoms with van der Waals surface area (Å²) in [5, 5.41) is 12.8. The van der Waals surface area contributed by atoms with Gasteiger partial charge >= 0.3 is 0 Å². The average Bonchev–Trinajstić information content (AvgIpc) is 3.92. The first-order valence-corrected chi connectivity index (χ1v) is 17.9.